The molecule has 0 saturated carbocycles. The molecular weight excluding hydrogens is 294 g/mol. The van der Waals surface area contributed by atoms with Crippen LogP contribution in [-0.4, -0.2) is 25.3 Å². The van der Waals surface area contributed by atoms with Crippen LogP contribution in [0, 0.1) is 5.92 Å². The highest BCUT2D eigenvalue weighted by Crippen LogP contribution is 2.16. The van der Waals surface area contributed by atoms with Crippen LogP contribution in [0.3, 0.4) is 0 Å². The summed E-state index contributed by atoms with van der Waals surface area (Å²) in [6.07, 6.45) is 4.83. The van der Waals surface area contributed by atoms with Crippen LogP contribution < -0.4 is 10.1 Å². The van der Waals surface area contributed by atoms with E-state index in [9.17, 15) is 4.79 Å². The Hall–Kier alpha value is -1.16. The van der Waals surface area contributed by atoms with Crippen molar-refractivity contribution < 1.29 is 9.53 Å². The third-order valence-corrected chi connectivity index (χ3v) is 4.80. The Morgan fingerprint density at radius 3 is 2.59 bits per heavy atom. The maximum atomic E-state index is 11.9. The van der Waals surface area contributed by atoms with Gasteiger partial charge in [-0.1, -0.05) is 45.2 Å². The lowest BCUT2D eigenvalue weighted by atomic mass is 9.99. The summed E-state index contributed by atoms with van der Waals surface area (Å²) < 4.78 is 5.13. The topological polar surface area (TPSA) is 38.3 Å². The van der Waals surface area contributed by atoms with Crippen LogP contribution >= 0.6 is 11.8 Å². The SMILES string of the molecule is CCCCC(CC)CNC(=O)CSCc1ccc(OC)cc1. The number of carbonyl (C=O) groups excluding carboxylic acids is 1. The molecule has 1 rings (SSSR count). The third kappa shape index (κ3) is 7.74. The fraction of sp³-hybridized carbons (Fsp3) is 0.611. The number of amides is 1. The van der Waals surface area contributed by atoms with Gasteiger partial charge in [-0.05, 0) is 30.0 Å². The molecule has 1 amide bonds. The van der Waals surface area contributed by atoms with Crippen LogP contribution in [0.2, 0.25) is 0 Å². The second-order valence-electron chi connectivity index (χ2n) is 5.56. The number of hydrogen-bond acceptors (Lipinski definition) is 3. The molecule has 0 aliphatic heterocycles. The van der Waals surface area contributed by atoms with Gasteiger partial charge >= 0.3 is 0 Å². The van der Waals surface area contributed by atoms with Gasteiger partial charge in [0.25, 0.3) is 0 Å². The molecule has 1 atom stereocenters. The molecule has 0 aliphatic rings. The zero-order valence-corrected chi connectivity index (χ0v) is 14.9. The number of benzene rings is 1. The Labute approximate surface area is 139 Å². The van der Waals surface area contributed by atoms with Crippen LogP contribution in [0.25, 0.3) is 0 Å². The Bertz CT molecular complexity index is 420. The van der Waals surface area contributed by atoms with Gasteiger partial charge in [0.15, 0.2) is 0 Å². The van der Waals surface area contributed by atoms with Crippen molar-refractivity contribution in [3.8, 4) is 5.75 Å². The van der Waals surface area contributed by atoms with Crippen molar-refractivity contribution in [2.45, 2.75) is 45.3 Å². The van der Waals surface area contributed by atoms with Crippen molar-refractivity contribution in [2.75, 3.05) is 19.4 Å². The standard InChI is InChI=1S/C18H29NO2S/c1-4-6-7-15(5-2)12-19-18(20)14-22-13-16-8-10-17(21-3)11-9-16/h8-11,15H,4-7,12-14H2,1-3H3,(H,19,20). The molecule has 0 fully saturated rings. The molecule has 0 heterocycles. The number of thioether (sulfide) groups is 1. The van der Waals surface area contributed by atoms with Gasteiger partial charge in [-0.3, -0.25) is 4.79 Å². The summed E-state index contributed by atoms with van der Waals surface area (Å²) in [7, 11) is 1.66. The minimum absolute atomic E-state index is 0.147. The molecule has 0 radical (unpaired) electrons. The molecule has 4 heteroatoms. The summed E-state index contributed by atoms with van der Waals surface area (Å²) in [6.45, 7) is 5.23. The van der Waals surface area contributed by atoms with Crippen molar-refractivity contribution in [1.29, 1.82) is 0 Å². The van der Waals surface area contributed by atoms with Crippen LogP contribution in [0.4, 0.5) is 0 Å². The highest BCUT2D eigenvalue weighted by Gasteiger charge is 2.08. The van der Waals surface area contributed by atoms with E-state index in [1.807, 2.05) is 24.3 Å². The number of rotatable bonds is 11. The molecule has 1 N–H and O–H groups in total. The highest BCUT2D eigenvalue weighted by atomic mass is 32.2. The first-order chi connectivity index (χ1) is 10.7. The number of hydrogen-bond donors (Lipinski definition) is 1. The van der Waals surface area contributed by atoms with E-state index in [1.54, 1.807) is 18.9 Å². The highest BCUT2D eigenvalue weighted by molar-refractivity contribution is 7.99. The smallest absolute Gasteiger partial charge is 0.230 e. The zero-order valence-electron chi connectivity index (χ0n) is 14.1. The Kier molecular flexibility index (Phi) is 9.80. The molecule has 124 valence electrons. The van der Waals surface area contributed by atoms with Gasteiger partial charge in [0.2, 0.25) is 5.91 Å². The summed E-state index contributed by atoms with van der Waals surface area (Å²) in [5.41, 5.74) is 1.22. The van der Waals surface area contributed by atoms with Crippen molar-refractivity contribution in [3.63, 3.8) is 0 Å². The van der Waals surface area contributed by atoms with Crippen molar-refractivity contribution in [1.82, 2.24) is 5.32 Å². The summed E-state index contributed by atoms with van der Waals surface area (Å²) in [6, 6.07) is 7.99. The average molecular weight is 324 g/mol. The molecule has 0 aromatic heterocycles. The zero-order chi connectivity index (χ0) is 16.2. The Morgan fingerprint density at radius 1 is 1.27 bits per heavy atom. The number of carbonyl (C=O) groups is 1. The Morgan fingerprint density at radius 2 is 2.00 bits per heavy atom. The number of methoxy groups -OCH3 is 1. The van der Waals surface area contributed by atoms with E-state index in [2.05, 4.69) is 19.2 Å². The number of nitrogens with one attached hydrogen (secondary N) is 1. The van der Waals surface area contributed by atoms with Crippen molar-refractivity contribution in [3.05, 3.63) is 29.8 Å². The minimum Gasteiger partial charge on any atom is -0.497 e. The van der Waals surface area contributed by atoms with E-state index in [0.29, 0.717) is 11.7 Å². The van der Waals surface area contributed by atoms with Crippen molar-refractivity contribution >= 4 is 17.7 Å². The second kappa shape index (κ2) is 11.4. The normalized spacial score (nSPS) is 12.0. The first kappa shape index (κ1) is 18.9. The molecule has 22 heavy (non-hydrogen) atoms. The van der Waals surface area contributed by atoms with E-state index < -0.39 is 0 Å². The number of ether oxygens (including phenoxy) is 1. The molecule has 1 aromatic carbocycles. The average Bonchev–Trinajstić information content (AvgIpc) is 2.55. The molecule has 3 nitrogen and oxygen atoms in total. The van der Waals surface area contributed by atoms with E-state index in [1.165, 1.54) is 24.8 Å². The number of unbranched alkanes of at least 4 members (excludes halogenated alkanes) is 1. The van der Waals surface area contributed by atoms with Gasteiger partial charge in [-0.15, -0.1) is 11.8 Å². The molecule has 1 aromatic rings. The Balaban J connectivity index is 2.19. The predicted molar refractivity (Wildman–Crippen MR) is 95.5 cm³/mol. The van der Waals surface area contributed by atoms with E-state index >= 15 is 0 Å². The van der Waals surface area contributed by atoms with E-state index in [-0.39, 0.29) is 5.91 Å². The molecular formula is C18H29NO2S. The van der Waals surface area contributed by atoms with Crippen LogP contribution in [0.1, 0.15) is 45.1 Å². The van der Waals surface area contributed by atoms with Crippen LogP contribution in [-0.2, 0) is 10.5 Å². The van der Waals surface area contributed by atoms with Gasteiger partial charge in [0.1, 0.15) is 5.75 Å². The molecule has 0 aliphatic carbocycles. The fourth-order valence-electron chi connectivity index (χ4n) is 2.24. The molecule has 0 bridgehead atoms. The molecule has 1 unspecified atom stereocenters. The lowest BCUT2D eigenvalue weighted by Crippen LogP contribution is -2.30. The molecule has 0 spiro atoms. The summed E-state index contributed by atoms with van der Waals surface area (Å²) in [4.78, 5) is 11.9. The lowest BCUT2D eigenvalue weighted by molar-refractivity contribution is -0.118. The monoisotopic (exact) mass is 323 g/mol. The second-order valence-corrected chi connectivity index (χ2v) is 6.55. The summed E-state index contributed by atoms with van der Waals surface area (Å²) >= 11 is 1.65. The quantitative estimate of drug-likeness (QED) is 0.661. The van der Waals surface area contributed by atoms with Crippen LogP contribution in [0.5, 0.6) is 5.75 Å². The largest absolute Gasteiger partial charge is 0.497 e. The van der Waals surface area contributed by atoms with Gasteiger partial charge in [0.05, 0.1) is 12.9 Å². The maximum absolute atomic E-state index is 11.9. The minimum atomic E-state index is 0.147. The molecule has 0 saturated heterocycles. The van der Waals surface area contributed by atoms with E-state index in [4.69, 9.17) is 4.74 Å². The van der Waals surface area contributed by atoms with Gasteiger partial charge in [0, 0.05) is 12.3 Å². The fourth-order valence-corrected chi connectivity index (χ4v) is 3.05. The summed E-state index contributed by atoms with van der Waals surface area (Å²) in [5, 5.41) is 3.07. The van der Waals surface area contributed by atoms with Crippen LogP contribution in [0.15, 0.2) is 24.3 Å². The van der Waals surface area contributed by atoms with Gasteiger partial charge < -0.3 is 10.1 Å². The van der Waals surface area contributed by atoms with Crippen molar-refractivity contribution in [2.24, 2.45) is 5.92 Å². The van der Waals surface area contributed by atoms with Gasteiger partial charge in [-0.2, -0.15) is 0 Å². The third-order valence-electron chi connectivity index (χ3n) is 3.79. The van der Waals surface area contributed by atoms with E-state index in [0.717, 1.165) is 24.5 Å². The first-order valence-electron chi connectivity index (χ1n) is 8.16. The summed E-state index contributed by atoms with van der Waals surface area (Å²) in [5.74, 6) is 3.01. The lowest BCUT2D eigenvalue weighted by Gasteiger charge is -2.15. The maximum Gasteiger partial charge on any atom is 0.230 e. The van der Waals surface area contributed by atoms with Gasteiger partial charge in [-0.25, -0.2) is 0 Å². The predicted octanol–water partition coefficient (Wildman–Crippen LogP) is 4.26. The first-order valence-corrected chi connectivity index (χ1v) is 9.32.